The lowest BCUT2D eigenvalue weighted by molar-refractivity contribution is 0.753. The van der Waals surface area contributed by atoms with Gasteiger partial charge in [-0.25, -0.2) is 14.8 Å². The van der Waals surface area contributed by atoms with Gasteiger partial charge in [-0.2, -0.15) is 0 Å². The Bertz CT molecular complexity index is 1160. The molecule has 138 valence electrons. The number of hydrogen-bond acceptors (Lipinski definition) is 5. The lowest BCUT2D eigenvalue weighted by Crippen LogP contribution is -2.14. The molecular weight excluding hydrogens is 340 g/mol. The zero-order chi connectivity index (χ0) is 19.0. The topological polar surface area (TPSA) is 78.8 Å². The summed E-state index contributed by atoms with van der Waals surface area (Å²) in [5.74, 6) is 0.753. The van der Waals surface area contributed by atoms with E-state index in [0.29, 0.717) is 13.1 Å². The van der Waals surface area contributed by atoms with Crippen LogP contribution < -0.4 is 15.9 Å². The number of anilines is 2. The molecule has 0 saturated heterocycles. The molecule has 7 heteroatoms. The molecule has 0 spiro atoms. The Hall–Kier alpha value is -3.35. The number of rotatable bonds is 5. The lowest BCUT2D eigenvalue weighted by atomic mass is 10.2. The number of aromatic amines is 1. The van der Waals surface area contributed by atoms with Crippen molar-refractivity contribution < 1.29 is 0 Å². The summed E-state index contributed by atoms with van der Waals surface area (Å²) in [4.78, 5) is 25.8. The van der Waals surface area contributed by atoms with E-state index in [4.69, 9.17) is 0 Å². The number of fused-ring (bicyclic) bond motifs is 2. The van der Waals surface area contributed by atoms with Crippen LogP contribution >= 0.6 is 0 Å². The van der Waals surface area contributed by atoms with E-state index in [2.05, 4.69) is 49.4 Å². The Balaban J connectivity index is 1.67. The first-order valence-electron chi connectivity index (χ1n) is 8.94. The van der Waals surface area contributed by atoms with Crippen molar-refractivity contribution in [3.63, 3.8) is 0 Å². The minimum absolute atomic E-state index is 0.105. The van der Waals surface area contributed by atoms with Gasteiger partial charge >= 0.3 is 5.69 Å². The summed E-state index contributed by atoms with van der Waals surface area (Å²) in [6, 6.07) is 12.3. The molecule has 0 aliphatic carbocycles. The molecule has 0 radical (unpaired) electrons. The van der Waals surface area contributed by atoms with Gasteiger partial charge in [-0.1, -0.05) is 12.1 Å². The number of aryl methyl sites for hydroxylation is 1. The fourth-order valence-corrected chi connectivity index (χ4v) is 3.26. The quantitative estimate of drug-likeness (QED) is 0.571. The number of nitrogens with one attached hydrogen (secondary N) is 2. The van der Waals surface area contributed by atoms with Crippen LogP contribution in [0, 0.1) is 0 Å². The predicted octanol–water partition coefficient (Wildman–Crippen LogP) is 2.97. The van der Waals surface area contributed by atoms with Gasteiger partial charge in [0, 0.05) is 38.3 Å². The smallest absolute Gasteiger partial charge is 0.326 e. The zero-order valence-corrected chi connectivity index (χ0v) is 15.7. The molecule has 0 aliphatic rings. The lowest BCUT2D eigenvalue weighted by Gasteiger charge is -2.13. The van der Waals surface area contributed by atoms with Gasteiger partial charge in [-0.3, -0.25) is 4.57 Å². The van der Waals surface area contributed by atoms with E-state index in [9.17, 15) is 4.79 Å². The molecule has 27 heavy (non-hydrogen) atoms. The summed E-state index contributed by atoms with van der Waals surface area (Å²) in [6.07, 6.45) is 1.55. The highest BCUT2D eigenvalue weighted by molar-refractivity contribution is 5.98. The van der Waals surface area contributed by atoms with Gasteiger partial charge in [0.2, 0.25) is 0 Å². The summed E-state index contributed by atoms with van der Waals surface area (Å²) in [5, 5.41) is 4.28. The van der Waals surface area contributed by atoms with Crippen molar-refractivity contribution in [1.29, 1.82) is 0 Å². The summed E-state index contributed by atoms with van der Waals surface area (Å²) in [7, 11) is 4.05. The number of hydrogen-bond donors (Lipinski definition) is 2. The van der Waals surface area contributed by atoms with Crippen LogP contribution in [0.2, 0.25) is 0 Å². The van der Waals surface area contributed by atoms with E-state index >= 15 is 0 Å². The van der Waals surface area contributed by atoms with Crippen LogP contribution in [-0.4, -0.2) is 33.6 Å². The fourth-order valence-electron chi connectivity index (χ4n) is 3.26. The molecule has 7 nitrogen and oxygen atoms in total. The summed E-state index contributed by atoms with van der Waals surface area (Å²) < 4.78 is 1.70. The molecule has 0 aliphatic heterocycles. The molecule has 2 aromatic heterocycles. The van der Waals surface area contributed by atoms with E-state index in [-0.39, 0.29) is 5.69 Å². The Morgan fingerprint density at radius 3 is 2.63 bits per heavy atom. The molecule has 0 fully saturated rings. The van der Waals surface area contributed by atoms with Crippen LogP contribution in [0.4, 0.5) is 11.5 Å². The second-order valence-electron chi connectivity index (χ2n) is 6.70. The number of imidazole rings is 1. The number of nitrogens with zero attached hydrogens (tertiary/aromatic N) is 4. The molecule has 2 aromatic carbocycles. The van der Waals surface area contributed by atoms with Crippen LogP contribution in [-0.2, 0) is 13.1 Å². The Morgan fingerprint density at radius 2 is 1.93 bits per heavy atom. The van der Waals surface area contributed by atoms with Crippen molar-refractivity contribution in [2.45, 2.75) is 20.0 Å². The maximum Gasteiger partial charge on any atom is 0.326 e. The maximum atomic E-state index is 12.1. The van der Waals surface area contributed by atoms with Crippen LogP contribution in [0.5, 0.6) is 0 Å². The van der Waals surface area contributed by atoms with Gasteiger partial charge in [0.15, 0.2) is 0 Å². The Kier molecular flexibility index (Phi) is 4.27. The fraction of sp³-hybridized carbons (Fsp3) is 0.250. The second kappa shape index (κ2) is 6.75. The summed E-state index contributed by atoms with van der Waals surface area (Å²) in [6.45, 7) is 3.22. The SMILES string of the molecule is CCn1c(=O)[nH]c2cc3c(NCc4ccc(N(C)C)cc4)ncnc3cc21. The van der Waals surface area contributed by atoms with Crippen molar-refractivity contribution in [3.05, 3.63) is 58.8 Å². The van der Waals surface area contributed by atoms with Gasteiger partial charge in [0.1, 0.15) is 12.1 Å². The van der Waals surface area contributed by atoms with Crippen molar-refractivity contribution in [3.8, 4) is 0 Å². The highest BCUT2D eigenvalue weighted by atomic mass is 16.1. The van der Waals surface area contributed by atoms with Crippen molar-refractivity contribution >= 4 is 33.4 Å². The van der Waals surface area contributed by atoms with Gasteiger partial charge in [0.05, 0.1) is 16.6 Å². The van der Waals surface area contributed by atoms with Crippen LogP contribution in [0.15, 0.2) is 47.5 Å². The molecule has 4 rings (SSSR count). The third kappa shape index (κ3) is 3.12. The molecule has 0 unspecified atom stereocenters. The van der Waals surface area contributed by atoms with Crippen LogP contribution in [0.25, 0.3) is 21.9 Å². The first kappa shape index (κ1) is 17.1. The maximum absolute atomic E-state index is 12.1. The largest absolute Gasteiger partial charge is 0.378 e. The standard InChI is InChI=1S/C20H22N6O/c1-4-26-18-10-16-15(9-17(18)24-20(26)27)19(23-12-22-16)21-11-13-5-7-14(8-6-13)25(2)3/h5-10,12H,4,11H2,1-3H3,(H,24,27)(H,21,22,23). The summed E-state index contributed by atoms with van der Waals surface area (Å²) in [5.41, 5.74) is 4.69. The zero-order valence-electron chi connectivity index (χ0n) is 15.7. The van der Waals surface area contributed by atoms with Crippen molar-refractivity contribution in [2.75, 3.05) is 24.3 Å². The highest BCUT2D eigenvalue weighted by Crippen LogP contribution is 2.24. The molecule has 0 bridgehead atoms. The molecule has 2 heterocycles. The number of benzene rings is 2. The summed E-state index contributed by atoms with van der Waals surface area (Å²) >= 11 is 0. The Labute approximate surface area is 156 Å². The number of aromatic nitrogens is 4. The Morgan fingerprint density at radius 1 is 1.15 bits per heavy atom. The van der Waals surface area contributed by atoms with Gasteiger partial charge in [-0.15, -0.1) is 0 Å². The third-order valence-electron chi connectivity index (χ3n) is 4.76. The van der Waals surface area contributed by atoms with E-state index in [0.717, 1.165) is 33.4 Å². The first-order chi connectivity index (χ1) is 13.1. The molecule has 4 aromatic rings. The molecule has 2 N–H and O–H groups in total. The van der Waals surface area contributed by atoms with E-state index in [1.165, 1.54) is 5.56 Å². The second-order valence-corrected chi connectivity index (χ2v) is 6.70. The van der Waals surface area contributed by atoms with Gasteiger partial charge < -0.3 is 15.2 Å². The van der Waals surface area contributed by atoms with Gasteiger partial charge in [-0.05, 0) is 36.8 Å². The molecule has 0 amide bonds. The minimum Gasteiger partial charge on any atom is -0.378 e. The minimum atomic E-state index is -0.105. The molecule has 0 atom stereocenters. The van der Waals surface area contributed by atoms with E-state index in [1.54, 1.807) is 10.9 Å². The molecule has 0 saturated carbocycles. The highest BCUT2D eigenvalue weighted by Gasteiger charge is 2.10. The third-order valence-corrected chi connectivity index (χ3v) is 4.76. The monoisotopic (exact) mass is 362 g/mol. The van der Waals surface area contributed by atoms with Crippen molar-refractivity contribution in [2.24, 2.45) is 0 Å². The van der Waals surface area contributed by atoms with Crippen LogP contribution in [0.3, 0.4) is 0 Å². The van der Waals surface area contributed by atoms with Gasteiger partial charge in [0.25, 0.3) is 0 Å². The van der Waals surface area contributed by atoms with Crippen LogP contribution in [0.1, 0.15) is 12.5 Å². The normalized spacial score (nSPS) is 11.2. The average Bonchev–Trinajstić information content (AvgIpc) is 2.98. The predicted molar refractivity (Wildman–Crippen MR) is 109 cm³/mol. The van der Waals surface area contributed by atoms with E-state index in [1.807, 2.05) is 33.2 Å². The van der Waals surface area contributed by atoms with Crippen molar-refractivity contribution in [1.82, 2.24) is 19.5 Å². The first-order valence-corrected chi connectivity index (χ1v) is 8.94. The number of H-pyrrole nitrogens is 1. The van der Waals surface area contributed by atoms with E-state index < -0.39 is 0 Å². The molecular formula is C20H22N6O. The average molecular weight is 362 g/mol.